The van der Waals surface area contributed by atoms with Crippen molar-refractivity contribution >= 4 is 21.8 Å². The molecular weight excluding hydrogens is 294 g/mol. The van der Waals surface area contributed by atoms with Crippen LogP contribution >= 0.6 is 11.8 Å². The van der Waals surface area contributed by atoms with Gasteiger partial charge in [0.15, 0.2) is 0 Å². The van der Waals surface area contributed by atoms with Crippen LogP contribution in [0.15, 0.2) is 29.2 Å². The van der Waals surface area contributed by atoms with Crippen LogP contribution in [-0.2, 0) is 10.0 Å². The number of nitrogens with one attached hydrogen (secondary N) is 1. The lowest BCUT2D eigenvalue weighted by Crippen LogP contribution is -2.34. The number of thioether (sulfide) groups is 1. The lowest BCUT2D eigenvalue weighted by molar-refractivity contribution is 0.350. The smallest absolute Gasteiger partial charge is 0.240 e. The van der Waals surface area contributed by atoms with E-state index in [4.69, 9.17) is 5.11 Å². The minimum Gasteiger partial charge on any atom is -0.384 e. The SMILES string of the molecule is CCSCC(C)NS(=O)(=O)c1ccc(C#CCO)cc1. The molecule has 20 heavy (non-hydrogen) atoms. The van der Waals surface area contributed by atoms with E-state index in [1.54, 1.807) is 23.9 Å². The summed E-state index contributed by atoms with van der Waals surface area (Å²) in [5, 5.41) is 8.60. The van der Waals surface area contributed by atoms with Crippen molar-refractivity contribution in [1.29, 1.82) is 0 Å². The Morgan fingerprint density at radius 1 is 1.35 bits per heavy atom. The summed E-state index contributed by atoms with van der Waals surface area (Å²) in [7, 11) is -3.49. The van der Waals surface area contributed by atoms with E-state index in [-0.39, 0.29) is 17.5 Å². The number of rotatable bonds is 6. The molecule has 110 valence electrons. The van der Waals surface area contributed by atoms with Crippen LogP contribution in [0.25, 0.3) is 0 Å². The van der Waals surface area contributed by atoms with Gasteiger partial charge in [-0.2, -0.15) is 11.8 Å². The fourth-order valence-electron chi connectivity index (χ4n) is 1.52. The van der Waals surface area contributed by atoms with Gasteiger partial charge in [-0.05, 0) is 36.9 Å². The van der Waals surface area contributed by atoms with Gasteiger partial charge in [-0.3, -0.25) is 0 Å². The van der Waals surface area contributed by atoms with Gasteiger partial charge < -0.3 is 5.11 Å². The zero-order chi connectivity index (χ0) is 15.0. The van der Waals surface area contributed by atoms with Gasteiger partial charge >= 0.3 is 0 Å². The van der Waals surface area contributed by atoms with E-state index in [9.17, 15) is 8.42 Å². The number of aliphatic hydroxyl groups is 1. The Balaban J connectivity index is 2.77. The molecule has 0 amide bonds. The largest absolute Gasteiger partial charge is 0.384 e. The molecular formula is C14H19NO3S2. The number of hydrogen-bond donors (Lipinski definition) is 2. The van der Waals surface area contributed by atoms with Crippen molar-refractivity contribution in [3.05, 3.63) is 29.8 Å². The summed E-state index contributed by atoms with van der Waals surface area (Å²) < 4.78 is 26.9. The van der Waals surface area contributed by atoms with Crippen LogP contribution in [0.5, 0.6) is 0 Å². The van der Waals surface area contributed by atoms with Gasteiger partial charge in [0.25, 0.3) is 0 Å². The van der Waals surface area contributed by atoms with E-state index in [0.717, 1.165) is 11.5 Å². The molecule has 1 rings (SSSR count). The Kier molecular flexibility index (Phi) is 7.10. The number of sulfonamides is 1. The second-order valence-corrected chi connectivity index (χ2v) is 7.20. The van der Waals surface area contributed by atoms with E-state index >= 15 is 0 Å². The zero-order valence-electron chi connectivity index (χ0n) is 11.6. The quantitative estimate of drug-likeness (QED) is 0.780. The van der Waals surface area contributed by atoms with E-state index in [0.29, 0.717) is 5.56 Å². The van der Waals surface area contributed by atoms with Gasteiger partial charge in [-0.25, -0.2) is 13.1 Å². The van der Waals surface area contributed by atoms with Crippen molar-refractivity contribution in [2.75, 3.05) is 18.1 Å². The second-order valence-electron chi connectivity index (χ2n) is 4.17. The number of aliphatic hydroxyl groups excluding tert-OH is 1. The third-order valence-electron chi connectivity index (χ3n) is 2.40. The molecule has 0 aliphatic carbocycles. The molecule has 1 atom stereocenters. The van der Waals surface area contributed by atoms with E-state index in [2.05, 4.69) is 16.6 Å². The molecule has 6 heteroatoms. The molecule has 1 unspecified atom stereocenters. The summed E-state index contributed by atoms with van der Waals surface area (Å²) >= 11 is 1.69. The zero-order valence-corrected chi connectivity index (χ0v) is 13.2. The first kappa shape index (κ1) is 17.1. The molecule has 0 saturated carbocycles. The number of benzene rings is 1. The molecule has 0 aliphatic heterocycles. The Bertz CT molecular complexity index is 571. The summed E-state index contributed by atoms with van der Waals surface area (Å²) in [6.45, 7) is 3.67. The monoisotopic (exact) mass is 313 g/mol. The molecule has 0 heterocycles. The molecule has 0 fully saturated rings. The standard InChI is InChI=1S/C14H19NO3S2/c1-3-19-11-12(2)15-20(17,18)14-8-6-13(7-9-14)5-4-10-16/h6-9,12,15-16H,3,10-11H2,1-2H3. The minimum atomic E-state index is -3.49. The summed E-state index contributed by atoms with van der Waals surface area (Å²) in [5.41, 5.74) is 0.674. The maximum atomic E-state index is 12.1. The van der Waals surface area contributed by atoms with Crippen LogP contribution in [0, 0.1) is 11.8 Å². The predicted molar refractivity (Wildman–Crippen MR) is 83.2 cm³/mol. The van der Waals surface area contributed by atoms with E-state index in [1.165, 1.54) is 12.1 Å². The fourth-order valence-corrected chi connectivity index (χ4v) is 3.54. The highest BCUT2D eigenvalue weighted by Crippen LogP contribution is 2.12. The molecule has 0 bridgehead atoms. The van der Waals surface area contributed by atoms with Gasteiger partial charge in [0.05, 0.1) is 4.90 Å². The molecule has 0 spiro atoms. The van der Waals surface area contributed by atoms with Crippen LogP contribution in [0.3, 0.4) is 0 Å². The summed E-state index contributed by atoms with van der Waals surface area (Å²) in [4.78, 5) is 0.223. The van der Waals surface area contributed by atoms with Crippen LogP contribution < -0.4 is 4.72 Å². The number of hydrogen-bond acceptors (Lipinski definition) is 4. The first-order valence-electron chi connectivity index (χ1n) is 6.29. The van der Waals surface area contributed by atoms with Gasteiger partial charge in [0.1, 0.15) is 6.61 Å². The first-order valence-corrected chi connectivity index (χ1v) is 8.93. The summed E-state index contributed by atoms with van der Waals surface area (Å²) in [6.07, 6.45) is 0. The third kappa shape index (κ3) is 5.55. The predicted octanol–water partition coefficient (Wildman–Crippen LogP) is 1.45. The molecule has 0 aromatic heterocycles. The first-order chi connectivity index (χ1) is 9.49. The summed E-state index contributed by atoms with van der Waals surface area (Å²) in [6, 6.07) is 6.18. The maximum Gasteiger partial charge on any atom is 0.240 e. The van der Waals surface area contributed by atoms with Crippen molar-refractivity contribution in [2.24, 2.45) is 0 Å². The molecule has 1 aromatic rings. The highest BCUT2D eigenvalue weighted by atomic mass is 32.2. The van der Waals surface area contributed by atoms with Crippen LogP contribution in [0.1, 0.15) is 19.4 Å². The average molecular weight is 313 g/mol. The topological polar surface area (TPSA) is 66.4 Å². The van der Waals surface area contributed by atoms with Gasteiger partial charge in [0, 0.05) is 17.4 Å². The lowest BCUT2D eigenvalue weighted by Gasteiger charge is -2.13. The van der Waals surface area contributed by atoms with Crippen LogP contribution in [0.4, 0.5) is 0 Å². The maximum absolute atomic E-state index is 12.1. The van der Waals surface area contributed by atoms with Crippen molar-refractivity contribution in [3.8, 4) is 11.8 Å². The van der Waals surface area contributed by atoms with Gasteiger partial charge in [-0.1, -0.05) is 18.8 Å². The van der Waals surface area contributed by atoms with Crippen molar-refractivity contribution in [2.45, 2.75) is 24.8 Å². The van der Waals surface area contributed by atoms with Crippen LogP contribution in [-0.4, -0.2) is 37.7 Å². The average Bonchev–Trinajstić information content (AvgIpc) is 2.43. The van der Waals surface area contributed by atoms with Gasteiger partial charge in [-0.15, -0.1) is 0 Å². The van der Waals surface area contributed by atoms with Crippen LogP contribution in [0.2, 0.25) is 0 Å². The Morgan fingerprint density at radius 2 is 2.00 bits per heavy atom. The molecule has 0 saturated heterocycles. The van der Waals surface area contributed by atoms with E-state index < -0.39 is 10.0 Å². The Morgan fingerprint density at radius 3 is 2.55 bits per heavy atom. The molecule has 0 aliphatic rings. The van der Waals surface area contributed by atoms with Gasteiger partial charge in [0.2, 0.25) is 10.0 Å². The highest BCUT2D eigenvalue weighted by Gasteiger charge is 2.16. The second kappa shape index (κ2) is 8.32. The third-order valence-corrected chi connectivity index (χ3v) is 5.15. The Hall–Kier alpha value is -1.00. The van der Waals surface area contributed by atoms with Crippen molar-refractivity contribution in [1.82, 2.24) is 4.72 Å². The highest BCUT2D eigenvalue weighted by molar-refractivity contribution is 7.99. The Labute approximate surface area is 125 Å². The fraction of sp³-hybridized carbons (Fsp3) is 0.429. The minimum absolute atomic E-state index is 0.112. The molecule has 4 nitrogen and oxygen atoms in total. The summed E-state index contributed by atoms with van der Waals surface area (Å²) in [5.74, 6) is 6.95. The molecule has 0 radical (unpaired) electrons. The molecule has 2 N–H and O–H groups in total. The normalized spacial score (nSPS) is 12.6. The lowest BCUT2D eigenvalue weighted by atomic mass is 10.2. The molecule has 1 aromatic carbocycles. The van der Waals surface area contributed by atoms with E-state index in [1.807, 2.05) is 13.8 Å². The van der Waals surface area contributed by atoms with Crippen molar-refractivity contribution < 1.29 is 13.5 Å². The van der Waals surface area contributed by atoms with Crippen molar-refractivity contribution in [3.63, 3.8) is 0 Å².